The van der Waals surface area contributed by atoms with Crippen molar-refractivity contribution in [2.45, 2.75) is 31.0 Å². The third kappa shape index (κ3) is 5.48. The maximum absolute atomic E-state index is 5.69. The zero-order chi connectivity index (χ0) is 15.1. The molecule has 2 rings (SSSR count). The molecule has 1 atom stereocenters. The summed E-state index contributed by atoms with van der Waals surface area (Å²) in [6, 6.07) is 16.9. The Bertz CT molecular complexity index is 534. The zero-order valence-electron chi connectivity index (χ0n) is 12.2. The van der Waals surface area contributed by atoms with Gasteiger partial charge in [-0.2, -0.15) is 0 Å². The summed E-state index contributed by atoms with van der Waals surface area (Å²) in [6.45, 7) is 2.97. The lowest BCUT2D eigenvalue weighted by molar-refractivity contribution is 0.309. The normalized spacial score (nSPS) is 12.1. The zero-order valence-corrected chi connectivity index (χ0v) is 15.4. The fourth-order valence-electron chi connectivity index (χ4n) is 2.05. The van der Waals surface area contributed by atoms with Gasteiger partial charge in [0.05, 0.1) is 6.61 Å². The summed E-state index contributed by atoms with van der Waals surface area (Å²) in [5.41, 5.74) is 2.60. The van der Waals surface area contributed by atoms with E-state index in [0.29, 0.717) is 4.83 Å². The first kappa shape index (κ1) is 16.6. The minimum Gasteiger partial charge on any atom is -0.494 e. The lowest BCUT2D eigenvalue weighted by Gasteiger charge is -2.12. The molecule has 21 heavy (non-hydrogen) atoms. The molecule has 0 amide bonds. The molecular formula is C18H20Br2O. The van der Waals surface area contributed by atoms with Gasteiger partial charge < -0.3 is 4.74 Å². The molecule has 0 fully saturated rings. The van der Waals surface area contributed by atoms with Crippen LogP contribution in [0.2, 0.25) is 0 Å². The predicted octanol–water partition coefficient (Wildman–Crippen LogP) is 6.31. The molecule has 1 unspecified atom stereocenters. The molecule has 112 valence electrons. The second kappa shape index (κ2) is 8.60. The Morgan fingerprint density at radius 3 is 2.29 bits per heavy atom. The van der Waals surface area contributed by atoms with E-state index in [1.54, 1.807) is 0 Å². The van der Waals surface area contributed by atoms with E-state index in [2.05, 4.69) is 87.3 Å². The first-order valence-corrected chi connectivity index (χ1v) is 9.01. The Balaban J connectivity index is 1.93. The van der Waals surface area contributed by atoms with E-state index >= 15 is 0 Å². The standard InChI is InChI=1S/C18H20Br2O/c1-2-3-12-21-17-10-6-15(7-11-17)18(20)13-14-4-8-16(19)9-5-14/h4-11,18H,2-3,12-13H2,1H3. The SMILES string of the molecule is CCCCOc1ccc(C(Br)Cc2ccc(Br)cc2)cc1. The molecule has 0 radical (unpaired) electrons. The van der Waals surface area contributed by atoms with Gasteiger partial charge in [0, 0.05) is 9.30 Å². The van der Waals surface area contributed by atoms with Gasteiger partial charge in [-0.3, -0.25) is 0 Å². The van der Waals surface area contributed by atoms with E-state index in [1.165, 1.54) is 11.1 Å². The van der Waals surface area contributed by atoms with Crippen LogP contribution in [0.3, 0.4) is 0 Å². The van der Waals surface area contributed by atoms with Gasteiger partial charge in [-0.15, -0.1) is 0 Å². The Labute approximate surface area is 144 Å². The lowest BCUT2D eigenvalue weighted by atomic mass is 10.0. The summed E-state index contributed by atoms with van der Waals surface area (Å²) >= 11 is 7.24. The molecule has 0 spiro atoms. The van der Waals surface area contributed by atoms with Crippen molar-refractivity contribution in [2.24, 2.45) is 0 Å². The van der Waals surface area contributed by atoms with Crippen LogP contribution in [-0.2, 0) is 6.42 Å². The molecule has 0 bridgehead atoms. The van der Waals surface area contributed by atoms with Crippen LogP contribution in [0.4, 0.5) is 0 Å². The summed E-state index contributed by atoms with van der Waals surface area (Å²) in [7, 11) is 0. The van der Waals surface area contributed by atoms with E-state index in [-0.39, 0.29) is 0 Å². The summed E-state index contributed by atoms with van der Waals surface area (Å²) < 4.78 is 6.81. The van der Waals surface area contributed by atoms with Crippen molar-refractivity contribution in [3.8, 4) is 5.75 Å². The van der Waals surface area contributed by atoms with Crippen LogP contribution in [0, 0.1) is 0 Å². The van der Waals surface area contributed by atoms with Crippen molar-refractivity contribution in [1.29, 1.82) is 0 Å². The Morgan fingerprint density at radius 2 is 1.67 bits per heavy atom. The molecule has 3 heteroatoms. The summed E-state index contributed by atoms with van der Waals surface area (Å²) in [5.74, 6) is 0.954. The summed E-state index contributed by atoms with van der Waals surface area (Å²) in [6.07, 6.45) is 3.24. The lowest BCUT2D eigenvalue weighted by Crippen LogP contribution is -1.98. The molecule has 0 saturated heterocycles. The highest BCUT2D eigenvalue weighted by molar-refractivity contribution is 9.10. The third-order valence-electron chi connectivity index (χ3n) is 3.34. The first-order chi connectivity index (χ1) is 10.2. The molecule has 1 nitrogen and oxygen atoms in total. The predicted molar refractivity (Wildman–Crippen MR) is 96.4 cm³/mol. The molecule has 0 saturated carbocycles. The van der Waals surface area contributed by atoms with Crippen LogP contribution in [-0.4, -0.2) is 6.61 Å². The van der Waals surface area contributed by atoms with Crippen molar-refractivity contribution >= 4 is 31.9 Å². The van der Waals surface area contributed by atoms with Gasteiger partial charge >= 0.3 is 0 Å². The van der Waals surface area contributed by atoms with Crippen LogP contribution < -0.4 is 4.74 Å². The van der Waals surface area contributed by atoms with E-state index in [1.807, 2.05) is 0 Å². The number of ether oxygens (including phenoxy) is 1. The van der Waals surface area contributed by atoms with Crippen LogP contribution in [0.5, 0.6) is 5.75 Å². The topological polar surface area (TPSA) is 9.23 Å². The Kier molecular flexibility index (Phi) is 6.78. The second-order valence-corrected chi connectivity index (χ2v) is 7.09. The molecule has 0 aromatic heterocycles. The van der Waals surface area contributed by atoms with Gasteiger partial charge in [-0.25, -0.2) is 0 Å². The Morgan fingerprint density at radius 1 is 1.00 bits per heavy atom. The maximum Gasteiger partial charge on any atom is 0.119 e. The van der Waals surface area contributed by atoms with Crippen molar-refractivity contribution in [3.63, 3.8) is 0 Å². The quantitative estimate of drug-likeness (QED) is 0.383. The molecule has 2 aromatic rings. The molecule has 2 aromatic carbocycles. The van der Waals surface area contributed by atoms with E-state index < -0.39 is 0 Å². The van der Waals surface area contributed by atoms with Crippen LogP contribution in [0.25, 0.3) is 0 Å². The van der Waals surface area contributed by atoms with E-state index in [0.717, 1.165) is 36.1 Å². The second-order valence-electron chi connectivity index (χ2n) is 5.07. The van der Waals surface area contributed by atoms with Crippen LogP contribution in [0.1, 0.15) is 35.7 Å². The third-order valence-corrected chi connectivity index (χ3v) is 4.72. The van der Waals surface area contributed by atoms with Crippen molar-refractivity contribution in [3.05, 3.63) is 64.1 Å². The number of unbranched alkanes of at least 4 members (excludes halogenated alkanes) is 1. The number of halogens is 2. The average molecular weight is 412 g/mol. The number of hydrogen-bond donors (Lipinski definition) is 0. The average Bonchev–Trinajstić information content (AvgIpc) is 2.50. The van der Waals surface area contributed by atoms with Gasteiger partial charge in [0.25, 0.3) is 0 Å². The van der Waals surface area contributed by atoms with Crippen LogP contribution >= 0.6 is 31.9 Å². The molecule has 0 N–H and O–H groups in total. The fraction of sp³-hybridized carbons (Fsp3) is 0.333. The fourth-order valence-corrected chi connectivity index (χ4v) is 3.00. The van der Waals surface area contributed by atoms with E-state index in [4.69, 9.17) is 4.74 Å². The summed E-state index contributed by atoms with van der Waals surface area (Å²) in [5, 5.41) is 0. The maximum atomic E-state index is 5.69. The van der Waals surface area contributed by atoms with Crippen molar-refractivity contribution < 1.29 is 4.74 Å². The smallest absolute Gasteiger partial charge is 0.119 e. The van der Waals surface area contributed by atoms with Gasteiger partial charge in [0.2, 0.25) is 0 Å². The van der Waals surface area contributed by atoms with Gasteiger partial charge in [0.15, 0.2) is 0 Å². The van der Waals surface area contributed by atoms with E-state index in [9.17, 15) is 0 Å². The molecule has 0 heterocycles. The number of hydrogen-bond acceptors (Lipinski definition) is 1. The minimum atomic E-state index is 0.323. The van der Waals surface area contributed by atoms with Crippen molar-refractivity contribution in [2.75, 3.05) is 6.61 Å². The highest BCUT2D eigenvalue weighted by atomic mass is 79.9. The van der Waals surface area contributed by atoms with Gasteiger partial charge in [-0.05, 0) is 48.2 Å². The molecule has 0 aliphatic rings. The highest BCUT2D eigenvalue weighted by Gasteiger charge is 2.08. The largest absolute Gasteiger partial charge is 0.494 e. The highest BCUT2D eigenvalue weighted by Crippen LogP contribution is 2.29. The summed E-state index contributed by atoms with van der Waals surface area (Å²) in [4.78, 5) is 0.323. The van der Waals surface area contributed by atoms with Crippen LogP contribution in [0.15, 0.2) is 53.0 Å². The Hall–Kier alpha value is -0.800. The van der Waals surface area contributed by atoms with Gasteiger partial charge in [0.1, 0.15) is 5.75 Å². The monoisotopic (exact) mass is 410 g/mol. The number of benzene rings is 2. The minimum absolute atomic E-state index is 0.323. The first-order valence-electron chi connectivity index (χ1n) is 7.30. The number of rotatable bonds is 7. The number of alkyl halides is 1. The van der Waals surface area contributed by atoms with Gasteiger partial charge in [-0.1, -0.05) is 69.5 Å². The molecule has 0 aliphatic carbocycles. The molecule has 0 aliphatic heterocycles. The molecular weight excluding hydrogens is 392 g/mol. The van der Waals surface area contributed by atoms with Crippen molar-refractivity contribution in [1.82, 2.24) is 0 Å².